The topological polar surface area (TPSA) is 91.4 Å². The molecular weight excluding hydrogens is 318 g/mol. The summed E-state index contributed by atoms with van der Waals surface area (Å²) in [4.78, 5) is 41.9. The van der Waals surface area contributed by atoms with Crippen LogP contribution in [0.5, 0.6) is 0 Å². The Balaban J connectivity index is 3.13. The fraction of sp³-hybridized carbons (Fsp3) is 0.812. The Bertz CT molecular complexity index is 483. The van der Waals surface area contributed by atoms with Gasteiger partial charge in [0.1, 0.15) is 17.6 Å². The molecule has 0 N–H and O–H groups in total. The van der Waals surface area contributed by atoms with Crippen LogP contribution in [0.3, 0.4) is 0 Å². The van der Waals surface area contributed by atoms with Gasteiger partial charge in [0, 0.05) is 0 Å². The van der Waals surface area contributed by atoms with E-state index >= 15 is 0 Å². The summed E-state index contributed by atoms with van der Waals surface area (Å²) >= 11 is 0. The van der Waals surface area contributed by atoms with Crippen LogP contribution in [-0.4, -0.2) is 55.1 Å². The lowest BCUT2D eigenvalue weighted by Gasteiger charge is -2.29. The maximum Gasteiger partial charge on any atom is 0.434 e. The summed E-state index contributed by atoms with van der Waals surface area (Å²) in [6.07, 6.45) is -1.73. The Morgan fingerprint density at radius 3 is 2.12 bits per heavy atom. The van der Waals surface area contributed by atoms with Crippen LogP contribution in [0.2, 0.25) is 0 Å². The lowest BCUT2D eigenvalue weighted by atomic mass is 9.86. The Morgan fingerprint density at radius 1 is 1.12 bits per heavy atom. The molecule has 1 aliphatic rings. The standard InChI is InChI=1S/C16H27NO7/c1-9(2)13-12(14(19)22-7)10(8-11(18)21-6)24-17(13)15(20)23-16(3,4)5/h9-10,12-13H,8H2,1-7H3/t10-,12-,13+/m0/s1. The van der Waals surface area contributed by atoms with Gasteiger partial charge < -0.3 is 14.2 Å². The van der Waals surface area contributed by atoms with E-state index in [4.69, 9.17) is 14.3 Å². The van der Waals surface area contributed by atoms with E-state index in [2.05, 4.69) is 4.74 Å². The first-order valence-corrected chi connectivity index (χ1v) is 7.85. The Kier molecular flexibility index (Phi) is 6.59. The maximum atomic E-state index is 12.4. The van der Waals surface area contributed by atoms with E-state index in [-0.39, 0.29) is 12.3 Å². The highest BCUT2D eigenvalue weighted by Gasteiger charge is 2.53. The quantitative estimate of drug-likeness (QED) is 0.568. The molecule has 0 aromatic carbocycles. The van der Waals surface area contributed by atoms with Crippen molar-refractivity contribution < 1.29 is 33.4 Å². The number of carbonyl (C=O) groups is 3. The first kappa shape index (κ1) is 20.2. The molecule has 0 saturated carbocycles. The first-order valence-electron chi connectivity index (χ1n) is 7.85. The van der Waals surface area contributed by atoms with Crippen LogP contribution < -0.4 is 0 Å². The van der Waals surface area contributed by atoms with Crippen molar-refractivity contribution in [3.63, 3.8) is 0 Å². The van der Waals surface area contributed by atoms with Gasteiger partial charge in [-0.05, 0) is 26.7 Å². The zero-order valence-corrected chi connectivity index (χ0v) is 15.3. The molecule has 24 heavy (non-hydrogen) atoms. The van der Waals surface area contributed by atoms with Crippen LogP contribution in [0.1, 0.15) is 41.0 Å². The number of carbonyl (C=O) groups excluding carboxylic acids is 3. The van der Waals surface area contributed by atoms with Crippen molar-refractivity contribution in [3.8, 4) is 0 Å². The third-order valence-electron chi connectivity index (χ3n) is 3.61. The average Bonchev–Trinajstić information content (AvgIpc) is 2.84. The highest BCUT2D eigenvalue weighted by atomic mass is 16.7. The van der Waals surface area contributed by atoms with E-state index in [0.717, 1.165) is 5.06 Å². The minimum Gasteiger partial charge on any atom is -0.469 e. The molecule has 0 radical (unpaired) electrons. The van der Waals surface area contributed by atoms with Gasteiger partial charge in [0.2, 0.25) is 0 Å². The predicted molar refractivity (Wildman–Crippen MR) is 83.7 cm³/mol. The van der Waals surface area contributed by atoms with Crippen LogP contribution in [0.25, 0.3) is 0 Å². The first-order chi connectivity index (χ1) is 11.0. The third kappa shape index (κ3) is 4.83. The number of methoxy groups -OCH3 is 2. The van der Waals surface area contributed by atoms with Gasteiger partial charge in [-0.25, -0.2) is 4.79 Å². The number of hydroxylamine groups is 2. The van der Waals surface area contributed by atoms with Gasteiger partial charge in [0.15, 0.2) is 0 Å². The minimum atomic E-state index is -0.857. The highest BCUT2D eigenvalue weighted by molar-refractivity contribution is 5.78. The Labute approximate surface area is 142 Å². The molecule has 0 aliphatic carbocycles. The molecule has 138 valence electrons. The van der Waals surface area contributed by atoms with Gasteiger partial charge >= 0.3 is 18.0 Å². The second-order valence-corrected chi connectivity index (χ2v) is 7.01. The van der Waals surface area contributed by atoms with Crippen molar-refractivity contribution in [2.24, 2.45) is 11.8 Å². The van der Waals surface area contributed by atoms with E-state index in [1.807, 2.05) is 13.8 Å². The van der Waals surface area contributed by atoms with Crippen LogP contribution in [0.15, 0.2) is 0 Å². The molecule has 0 aromatic rings. The van der Waals surface area contributed by atoms with Crippen molar-refractivity contribution in [1.29, 1.82) is 0 Å². The molecule has 1 heterocycles. The Hall–Kier alpha value is -1.83. The summed E-state index contributed by atoms with van der Waals surface area (Å²) in [5, 5.41) is 1.05. The number of rotatable bonds is 4. The summed E-state index contributed by atoms with van der Waals surface area (Å²) in [6, 6.07) is -0.609. The van der Waals surface area contributed by atoms with E-state index in [1.54, 1.807) is 20.8 Å². The van der Waals surface area contributed by atoms with Crippen molar-refractivity contribution in [2.45, 2.75) is 58.8 Å². The number of hydrogen-bond donors (Lipinski definition) is 0. The lowest BCUT2D eigenvalue weighted by Crippen LogP contribution is -2.45. The molecule has 0 bridgehead atoms. The second kappa shape index (κ2) is 7.83. The van der Waals surface area contributed by atoms with Crippen LogP contribution in [0, 0.1) is 11.8 Å². The van der Waals surface area contributed by atoms with Gasteiger partial charge in [-0.15, -0.1) is 0 Å². The van der Waals surface area contributed by atoms with Gasteiger partial charge in [-0.3, -0.25) is 14.4 Å². The molecule has 1 amide bonds. The Morgan fingerprint density at radius 2 is 1.71 bits per heavy atom. The van der Waals surface area contributed by atoms with Crippen molar-refractivity contribution in [3.05, 3.63) is 0 Å². The number of amides is 1. The normalized spacial score (nSPS) is 24.0. The molecule has 8 nitrogen and oxygen atoms in total. The van der Waals surface area contributed by atoms with E-state index in [0.29, 0.717) is 0 Å². The largest absolute Gasteiger partial charge is 0.469 e. The molecule has 1 rings (SSSR count). The van der Waals surface area contributed by atoms with Gasteiger partial charge in [-0.2, -0.15) is 5.06 Å². The summed E-state index contributed by atoms with van der Waals surface area (Å²) in [5.41, 5.74) is -0.719. The van der Waals surface area contributed by atoms with Crippen LogP contribution >= 0.6 is 0 Å². The molecule has 1 aliphatic heterocycles. The van der Waals surface area contributed by atoms with E-state index in [1.165, 1.54) is 14.2 Å². The lowest BCUT2D eigenvalue weighted by molar-refractivity contribution is -0.167. The minimum absolute atomic E-state index is 0.121. The number of esters is 2. The van der Waals surface area contributed by atoms with Gasteiger partial charge in [-0.1, -0.05) is 13.8 Å². The SMILES string of the molecule is COC(=O)C[C@@H]1ON(C(=O)OC(C)(C)C)[C@H](C(C)C)[C@H]1C(=O)OC. The predicted octanol–water partition coefficient (Wildman–Crippen LogP) is 1.91. The summed E-state index contributed by atoms with van der Waals surface area (Å²) in [5.74, 6) is -2.01. The summed E-state index contributed by atoms with van der Waals surface area (Å²) in [7, 11) is 2.50. The molecule has 3 atom stereocenters. The zero-order chi connectivity index (χ0) is 18.7. The van der Waals surface area contributed by atoms with Crippen molar-refractivity contribution >= 4 is 18.0 Å². The molecule has 0 aromatic heterocycles. The zero-order valence-electron chi connectivity index (χ0n) is 15.3. The van der Waals surface area contributed by atoms with Crippen LogP contribution in [0.4, 0.5) is 4.79 Å². The van der Waals surface area contributed by atoms with E-state index < -0.39 is 41.7 Å². The molecular formula is C16H27NO7. The van der Waals surface area contributed by atoms with Crippen LogP contribution in [-0.2, 0) is 28.6 Å². The molecule has 1 fully saturated rings. The average molecular weight is 345 g/mol. The molecule has 1 saturated heterocycles. The molecule has 0 spiro atoms. The van der Waals surface area contributed by atoms with Crippen molar-refractivity contribution in [1.82, 2.24) is 5.06 Å². The monoisotopic (exact) mass is 345 g/mol. The smallest absolute Gasteiger partial charge is 0.434 e. The number of ether oxygens (including phenoxy) is 3. The maximum absolute atomic E-state index is 12.4. The number of hydrogen-bond acceptors (Lipinski definition) is 7. The van der Waals surface area contributed by atoms with Gasteiger partial charge in [0.05, 0.1) is 26.7 Å². The third-order valence-corrected chi connectivity index (χ3v) is 3.61. The molecule has 8 heteroatoms. The fourth-order valence-corrected chi connectivity index (χ4v) is 2.64. The summed E-state index contributed by atoms with van der Waals surface area (Å²) < 4.78 is 14.8. The fourth-order valence-electron chi connectivity index (χ4n) is 2.64. The second-order valence-electron chi connectivity index (χ2n) is 7.01. The molecule has 0 unspecified atom stereocenters. The number of nitrogens with zero attached hydrogens (tertiary/aromatic N) is 1. The van der Waals surface area contributed by atoms with Gasteiger partial charge in [0.25, 0.3) is 0 Å². The highest BCUT2D eigenvalue weighted by Crippen LogP contribution is 2.36. The van der Waals surface area contributed by atoms with Crippen molar-refractivity contribution in [2.75, 3.05) is 14.2 Å². The van der Waals surface area contributed by atoms with E-state index in [9.17, 15) is 14.4 Å². The summed E-state index contributed by atoms with van der Waals surface area (Å²) in [6.45, 7) is 8.89.